The molecule has 7 heteroatoms. The predicted octanol–water partition coefficient (Wildman–Crippen LogP) is 1.75. The molecule has 25 heavy (non-hydrogen) atoms. The number of aryl methyl sites for hydroxylation is 2. The van der Waals surface area contributed by atoms with E-state index in [1.54, 1.807) is 30.0 Å². The van der Waals surface area contributed by atoms with Gasteiger partial charge in [-0.2, -0.15) is 0 Å². The first-order valence-corrected chi connectivity index (χ1v) is 8.23. The van der Waals surface area contributed by atoms with Crippen molar-refractivity contribution < 1.29 is 13.9 Å². The van der Waals surface area contributed by atoms with Crippen molar-refractivity contribution in [1.29, 1.82) is 0 Å². The first kappa shape index (κ1) is 17.3. The number of aromatic amines is 1. The Bertz CT molecular complexity index is 821. The fraction of sp³-hybridized carbons (Fsp3) is 0.389. The number of rotatable bonds is 4. The van der Waals surface area contributed by atoms with Crippen molar-refractivity contribution in [1.82, 2.24) is 14.9 Å². The number of amides is 1. The van der Waals surface area contributed by atoms with E-state index in [-0.39, 0.29) is 23.7 Å². The number of benzene rings is 1. The Morgan fingerprint density at radius 1 is 1.44 bits per heavy atom. The van der Waals surface area contributed by atoms with Gasteiger partial charge in [-0.15, -0.1) is 0 Å². The van der Waals surface area contributed by atoms with E-state index < -0.39 is 6.10 Å². The van der Waals surface area contributed by atoms with E-state index in [4.69, 9.17) is 4.74 Å². The third kappa shape index (κ3) is 4.30. The van der Waals surface area contributed by atoms with E-state index in [9.17, 15) is 14.0 Å². The Morgan fingerprint density at radius 2 is 2.24 bits per heavy atom. The van der Waals surface area contributed by atoms with Crippen LogP contribution in [0.25, 0.3) is 0 Å². The second-order valence-electron chi connectivity index (χ2n) is 6.06. The molecule has 0 saturated carbocycles. The minimum absolute atomic E-state index is 0.0634. The van der Waals surface area contributed by atoms with E-state index in [2.05, 4.69) is 9.97 Å². The first-order valence-electron chi connectivity index (χ1n) is 8.23. The molecule has 6 nitrogen and oxygen atoms in total. The van der Waals surface area contributed by atoms with Gasteiger partial charge in [0.15, 0.2) is 0 Å². The molecule has 1 atom stereocenters. The molecule has 1 N–H and O–H groups in total. The molecule has 0 radical (unpaired) electrons. The molecule has 1 aliphatic heterocycles. The summed E-state index contributed by atoms with van der Waals surface area (Å²) >= 11 is 0. The second-order valence-corrected chi connectivity index (χ2v) is 6.06. The number of hydrogen-bond donors (Lipinski definition) is 1. The third-order valence-electron chi connectivity index (χ3n) is 4.18. The fourth-order valence-electron chi connectivity index (χ4n) is 2.90. The number of carbonyl (C=O) groups excluding carboxylic acids is 1. The molecule has 2 heterocycles. The smallest absolute Gasteiger partial charge is 0.251 e. The summed E-state index contributed by atoms with van der Waals surface area (Å²) < 4.78 is 19.3. The molecule has 0 aliphatic carbocycles. The second kappa shape index (κ2) is 7.57. The molecule has 0 bridgehead atoms. The monoisotopic (exact) mass is 345 g/mol. The molecule has 3 rings (SSSR count). The Kier molecular flexibility index (Phi) is 5.23. The average Bonchev–Trinajstić information content (AvgIpc) is 2.60. The number of carbonyl (C=O) groups is 1. The quantitative estimate of drug-likeness (QED) is 0.916. The average molecular weight is 345 g/mol. The molecule has 0 spiro atoms. The maximum absolute atomic E-state index is 13.7. The van der Waals surface area contributed by atoms with Crippen molar-refractivity contribution >= 4 is 5.91 Å². The van der Waals surface area contributed by atoms with Gasteiger partial charge in [-0.3, -0.25) is 9.59 Å². The zero-order valence-corrected chi connectivity index (χ0v) is 14.0. The van der Waals surface area contributed by atoms with Crippen LogP contribution in [0.4, 0.5) is 4.39 Å². The minimum Gasteiger partial charge on any atom is -0.367 e. The van der Waals surface area contributed by atoms with Crippen LogP contribution in [0.15, 0.2) is 35.1 Å². The highest BCUT2D eigenvalue weighted by atomic mass is 19.1. The van der Waals surface area contributed by atoms with Crippen molar-refractivity contribution in [2.45, 2.75) is 25.9 Å². The summed E-state index contributed by atoms with van der Waals surface area (Å²) in [7, 11) is 0. The van der Waals surface area contributed by atoms with Crippen LogP contribution in [-0.4, -0.2) is 40.5 Å². The molecule has 1 saturated heterocycles. The van der Waals surface area contributed by atoms with Crippen LogP contribution >= 0.6 is 0 Å². The van der Waals surface area contributed by atoms with Crippen LogP contribution in [-0.2, 0) is 16.0 Å². The number of ether oxygens (including phenoxy) is 1. The molecule has 1 aromatic carbocycles. The number of halogens is 1. The molecule has 1 aromatic heterocycles. The van der Waals surface area contributed by atoms with Gasteiger partial charge >= 0.3 is 0 Å². The van der Waals surface area contributed by atoms with Gasteiger partial charge in [-0.25, -0.2) is 9.37 Å². The fourth-order valence-corrected chi connectivity index (χ4v) is 2.90. The van der Waals surface area contributed by atoms with Gasteiger partial charge in [-0.05, 0) is 25.0 Å². The molecular weight excluding hydrogens is 325 g/mol. The number of H-pyrrole nitrogens is 1. The van der Waals surface area contributed by atoms with Crippen LogP contribution < -0.4 is 5.56 Å². The summed E-state index contributed by atoms with van der Waals surface area (Å²) in [6.07, 6.45) is 0.122. The lowest BCUT2D eigenvalue weighted by atomic mass is 10.1. The van der Waals surface area contributed by atoms with Gasteiger partial charge in [0, 0.05) is 24.7 Å². The van der Waals surface area contributed by atoms with Gasteiger partial charge in [-0.1, -0.05) is 18.2 Å². The number of morpholine rings is 1. The lowest BCUT2D eigenvalue weighted by molar-refractivity contribution is -0.139. The largest absolute Gasteiger partial charge is 0.367 e. The molecule has 1 amide bonds. The van der Waals surface area contributed by atoms with E-state index in [0.717, 1.165) is 0 Å². The lowest BCUT2D eigenvalue weighted by Gasteiger charge is -2.32. The van der Waals surface area contributed by atoms with Gasteiger partial charge in [0.05, 0.1) is 13.2 Å². The summed E-state index contributed by atoms with van der Waals surface area (Å²) in [5.41, 5.74) is 0.893. The van der Waals surface area contributed by atoms with Gasteiger partial charge < -0.3 is 14.6 Å². The molecule has 1 fully saturated rings. The van der Waals surface area contributed by atoms with Gasteiger partial charge in [0.2, 0.25) is 5.91 Å². The minimum atomic E-state index is -0.459. The Balaban J connectivity index is 1.63. The molecular formula is C18H20FN3O3. The highest BCUT2D eigenvalue weighted by Crippen LogP contribution is 2.20. The third-order valence-corrected chi connectivity index (χ3v) is 4.18. The zero-order valence-electron chi connectivity index (χ0n) is 14.0. The van der Waals surface area contributed by atoms with E-state index in [0.29, 0.717) is 43.2 Å². The van der Waals surface area contributed by atoms with Gasteiger partial charge in [0.25, 0.3) is 5.56 Å². The topological polar surface area (TPSA) is 75.3 Å². The number of aromatic nitrogens is 2. The summed E-state index contributed by atoms with van der Waals surface area (Å²) in [6.45, 7) is 2.90. The van der Waals surface area contributed by atoms with Crippen LogP contribution in [0.2, 0.25) is 0 Å². The van der Waals surface area contributed by atoms with Crippen LogP contribution in [0, 0.1) is 12.7 Å². The van der Waals surface area contributed by atoms with E-state index in [1.807, 2.05) is 0 Å². The summed E-state index contributed by atoms with van der Waals surface area (Å²) in [5.74, 6) is 0.0693. The predicted molar refractivity (Wildman–Crippen MR) is 89.6 cm³/mol. The van der Waals surface area contributed by atoms with Crippen molar-refractivity contribution in [3.05, 3.63) is 63.6 Å². The highest BCUT2D eigenvalue weighted by Gasteiger charge is 2.27. The van der Waals surface area contributed by atoms with Crippen molar-refractivity contribution in [3.63, 3.8) is 0 Å². The lowest BCUT2D eigenvalue weighted by Crippen LogP contribution is -2.43. The van der Waals surface area contributed by atoms with Crippen molar-refractivity contribution in [2.75, 3.05) is 19.7 Å². The summed E-state index contributed by atoms with van der Waals surface area (Å²) in [5, 5.41) is 0. The van der Waals surface area contributed by atoms with E-state index >= 15 is 0 Å². The van der Waals surface area contributed by atoms with E-state index in [1.165, 1.54) is 12.1 Å². The number of nitrogens with zero attached hydrogens (tertiary/aromatic N) is 2. The van der Waals surface area contributed by atoms with Crippen LogP contribution in [0.5, 0.6) is 0 Å². The van der Waals surface area contributed by atoms with Crippen molar-refractivity contribution in [3.8, 4) is 0 Å². The highest BCUT2D eigenvalue weighted by molar-refractivity contribution is 5.76. The SMILES string of the molecule is Cc1cc(=O)[nH]c(C2CN(C(=O)CCc3ccccc3F)CCO2)n1. The zero-order chi connectivity index (χ0) is 17.8. The molecule has 1 aliphatic rings. The molecule has 2 aromatic rings. The Labute approximate surface area is 144 Å². The summed E-state index contributed by atoms with van der Waals surface area (Å²) in [4.78, 5) is 32.7. The molecule has 1 unspecified atom stereocenters. The molecule has 132 valence electrons. The Hall–Kier alpha value is -2.54. The first-order chi connectivity index (χ1) is 12.0. The Morgan fingerprint density at radius 3 is 3.00 bits per heavy atom. The normalized spacial score (nSPS) is 17.5. The number of hydrogen-bond acceptors (Lipinski definition) is 4. The summed E-state index contributed by atoms with van der Waals surface area (Å²) in [6, 6.07) is 7.87. The van der Waals surface area contributed by atoms with Crippen molar-refractivity contribution in [2.24, 2.45) is 0 Å². The van der Waals surface area contributed by atoms with Crippen LogP contribution in [0.1, 0.15) is 29.6 Å². The van der Waals surface area contributed by atoms with Gasteiger partial charge in [0.1, 0.15) is 17.7 Å². The maximum Gasteiger partial charge on any atom is 0.251 e. The van der Waals surface area contributed by atoms with Crippen LogP contribution in [0.3, 0.4) is 0 Å². The number of nitrogens with one attached hydrogen (secondary N) is 1. The standard InChI is InChI=1S/C18H20FN3O3/c1-12-10-16(23)21-18(20-12)15-11-22(8-9-25-15)17(24)7-6-13-4-2-3-5-14(13)19/h2-5,10,15H,6-9,11H2,1H3,(H,20,21,23). The maximum atomic E-state index is 13.7.